The van der Waals surface area contributed by atoms with Crippen molar-refractivity contribution in [2.45, 2.75) is 50.9 Å². The Morgan fingerprint density at radius 3 is 2.36 bits per heavy atom. The van der Waals surface area contributed by atoms with Crippen LogP contribution in [0.4, 0.5) is 13.2 Å². The van der Waals surface area contributed by atoms with Crippen LogP contribution in [0.1, 0.15) is 47.4 Å². The lowest BCUT2D eigenvalue weighted by atomic mass is 9.91. The third-order valence-corrected chi connectivity index (χ3v) is 3.73. The van der Waals surface area contributed by atoms with Gasteiger partial charge in [-0.25, -0.2) is 4.98 Å². The molecule has 1 aliphatic carbocycles. The number of nitrogens with two attached hydrogens (primary N) is 1. The number of carbonyl (C=O) groups excluding carboxylic acids is 1. The first-order valence-corrected chi connectivity index (χ1v) is 6.88. The van der Waals surface area contributed by atoms with Gasteiger partial charge in [0.2, 0.25) is 0 Å². The fraction of sp³-hybridized carbons (Fsp3) is 0.571. The lowest BCUT2D eigenvalue weighted by Crippen LogP contribution is -2.40. The zero-order valence-corrected chi connectivity index (χ0v) is 12.9. The molecule has 0 radical (unpaired) electrons. The molecule has 1 fully saturated rings. The number of nitrogens with zero attached hydrogens (tertiary/aromatic N) is 1. The molecule has 0 aromatic carbocycles. The third-order valence-electron chi connectivity index (χ3n) is 3.73. The van der Waals surface area contributed by atoms with Crippen molar-refractivity contribution >= 4 is 18.3 Å². The van der Waals surface area contributed by atoms with Gasteiger partial charge < -0.3 is 11.1 Å². The van der Waals surface area contributed by atoms with Gasteiger partial charge in [-0.05, 0) is 44.7 Å². The Balaban J connectivity index is 0.00000242. The molecule has 4 nitrogen and oxygen atoms in total. The van der Waals surface area contributed by atoms with Crippen molar-refractivity contribution in [1.29, 1.82) is 0 Å². The number of halogens is 4. The van der Waals surface area contributed by atoms with Crippen LogP contribution >= 0.6 is 12.4 Å². The Hall–Kier alpha value is -1.34. The van der Waals surface area contributed by atoms with Crippen LogP contribution in [-0.2, 0) is 6.18 Å². The second-order valence-electron chi connectivity index (χ2n) is 5.41. The first-order valence-electron chi connectivity index (χ1n) is 6.88. The van der Waals surface area contributed by atoms with Crippen LogP contribution in [0.2, 0.25) is 0 Å². The summed E-state index contributed by atoms with van der Waals surface area (Å²) in [6.45, 7) is 1.40. The third kappa shape index (κ3) is 4.58. The molecule has 3 N–H and O–H groups in total. The summed E-state index contributed by atoms with van der Waals surface area (Å²) in [5.41, 5.74) is 5.06. The van der Waals surface area contributed by atoms with Crippen molar-refractivity contribution < 1.29 is 18.0 Å². The second kappa shape index (κ2) is 7.28. The Bertz CT molecular complexity index is 529. The van der Waals surface area contributed by atoms with E-state index >= 15 is 0 Å². The zero-order chi connectivity index (χ0) is 15.6. The maximum Gasteiger partial charge on any atom is 0.433 e. The molecule has 0 saturated heterocycles. The first kappa shape index (κ1) is 18.7. The summed E-state index contributed by atoms with van der Waals surface area (Å²) >= 11 is 0. The first-order chi connectivity index (χ1) is 9.77. The average Bonchev–Trinajstić information content (AvgIpc) is 2.40. The van der Waals surface area contributed by atoms with Crippen LogP contribution in [0.3, 0.4) is 0 Å². The molecule has 1 aromatic rings. The molecule has 0 aliphatic heterocycles. The predicted octanol–water partition coefficient (Wildman–Crippen LogP) is 2.83. The largest absolute Gasteiger partial charge is 0.433 e. The number of hydrogen-bond acceptors (Lipinski definition) is 3. The monoisotopic (exact) mass is 337 g/mol. The maximum atomic E-state index is 12.5. The number of carbonyl (C=O) groups is 1. The van der Waals surface area contributed by atoms with E-state index in [0.717, 1.165) is 31.7 Å². The number of amides is 1. The molecule has 0 bridgehead atoms. The molecule has 0 unspecified atom stereocenters. The van der Waals surface area contributed by atoms with E-state index in [2.05, 4.69) is 10.3 Å². The van der Waals surface area contributed by atoms with Gasteiger partial charge in [-0.15, -0.1) is 12.4 Å². The molecule has 0 atom stereocenters. The highest BCUT2D eigenvalue weighted by molar-refractivity contribution is 5.95. The van der Waals surface area contributed by atoms with E-state index < -0.39 is 11.9 Å². The van der Waals surface area contributed by atoms with Gasteiger partial charge in [-0.2, -0.15) is 13.2 Å². The van der Waals surface area contributed by atoms with Crippen LogP contribution in [0.25, 0.3) is 0 Å². The minimum absolute atomic E-state index is 0. The highest BCUT2D eigenvalue weighted by Crippen LogP contribution is 2.28. The van der Waals surface area contributed by atoms with Crippen molar-refractivity contribution in [3.05, 3.63) is 29.1 Å². The van der Waals surface area contributed by atoms with Gasteiger partial charge in [-0.3, -0.25) is 4.79 Å². The second-order valence-corrected chi connectivity index (χ2v) is 5.41. The predicted molar refractivity (Wildman–Crippen MR) is 78.9 cm³/mol. The van der Waals surface area contributed by atoms with Crippen LogP contribution in [0.15, 0.2) is 12.1 Å². The molecular formula is C14H19ClF3N3O. The van der Waals surface area contributed by atoms with E-state index in [9.17, 15) is 18.0 Å². The van der Waals surface area contributed by atoms with Gasteiger partial charge in [0.1, 0.15) is 5.69 Å². The smallest absolute Gasteiger partial charge is 0.349 e. The Kier molecular flexibility index (Phi) is 6.19. The fourth-order valence-electron chi connectivity index (χ4n) is 2.49. The van der Waals surface area contributed by atoms with E-state index in [1.54, 1.807) is 0 Å². The summed E-state index contributed by atoms with van der Waals surface area (Å²) in [6.07, 6.45) is -1.23. The van der Waals surface area contributed by atoms with Gasteiger partial charge in [0.05, 0.1) is 11.3 Å². The number of pyridine rings is 1. The Labute approximate surface area is 133 Å². The minimum Gasteiger partial charge on any atom is -0.349 e. The van der Waals surface area contributed by atoms with Gasteiger partial charge in [0.25, 0.3) is 5.91 Å². The number of aromatic nitrogens is 1. The Morgan fingerprint density at radius 1 is 1.27 bits per heavy atom. The summed E-state index contributed by atoms with van der Waals surface area (Å²) in [7, 11) is 0. The molecule has 1 aliphatic rings. The van der Waals surface area contributed by atoms with Crippen molar-refractivity contribution in [2.75, 3.05) is 0 Å². The molecule has 1 aromatic heterocycles. The molecular weight excluding hydrogens is 319 g/mol. The van der Waals surface area contributed by atoms with E-state index in [4.69, 9.17) is 5.73 Å². The van der Waals surface area contributed by atoms with Gasteiger partial charge in [0.15, 0.2) is 0 Å². The van der Waals surface area contributed by atoms with E-state index in [-0.39, 0.29) is 41.7 Å². The summed E-state index contributed by atoms with van der Waals surface area (Å²) in [5, 5.41) is 2.84. The number of nitrogens with one attached hydrogen (secondary N) is 1. The van der Waals surface area contributed by atoms with Gasteiger partial charge in [-0.1, -0.05) is 0 Å². The minimum atomic E-state index is -4.50. The standard InChI is InChI=1S/C14H18F3N3O.ClH/c1-8-11(6-7-12(19-8)14(15,16)17)13(21)20-10-4-2-9(18)3-5-10;/h6-7,9-10H,2-5,18H2,1H3,(H,20,21);1H. The van der Waals surface area contributed by atoms with Crippen molar-refractivity contribution in [3.63, 3.8) is 0 Å². The molecule has 8 heteroatoms. The number of alkyl halides is 3. The fourth-order valence-corrected chi connectivity index (χ4v) is 2.49. The van der Waals surface area contributed by atoms with Crippen molar-refractivity contribution in [2.24, 2.45) is 5.73 Å². The highest BCUT2D eigenvalue weighted by Gasteiger charge is 2.33. The van der Waals surface area contributed by atoms with Crippen LogP contribution in [-0.4, -0.2) is 23.0 Å². The van der Waals surface area contributed by atoms with Gasteiger partial charge >= 0.3 is 6.18 Å². The quantitative estimate of drug-likeness (QED) is 0.872. The normalized spacial score (nSPS) is 21.9. The lowest BCUT2D eigenvalue weighted by molar-refractivity contribution is -0.141. The van der Waals surface area contributed by atoms with Crippen molar-refractivity contribution in [1.82, 2.24) is 10.3 Å². The molecule has 2 rings (SSSR count). The number of rotatable bonds is 2. The Morgan fingerprint density at radius 2 is 1.86 bits per heavy atom. The topological polar surface area (TPSA) is 68.0 Å². The molecule has 1 amide bonds. The number of hydrogen-bond donors (Lipinski definition) is 2. The molecule has 1 heterocycles. The molecule has 0 spiro atoms. The highest BCUT2D eigenvalue weighted by atomic mass is 35.5. The maximum absolute atomic E-state index is 12.5. The van der Waals surface area contributed by atoms with E-state index in [1.165, 1.54) is 13.0 Å². The van der Waals surface area contributed by atoms with E-state index in [1.807, 2.05) is 0 Å². The summed E-state index contributed by atoms with van der Waals surface area (Å²) in [6, 6.07) is 2.21. The molecule has 124 valence electrons. The van der Waals surface area contributed by atoms with Crippen LogP contribution < -0.4 is 11.1 Å². The van der Waals surface area contributed by atoms with E-state index in [0.29, 0.717) is 0 Å². The zero-order valence-electron chi connectivity index (χ0n) is 12.1. The van der Waals surface area contributed by atoms with Gasteiger partial charge in [0, 0.05) is 12.1 Å². The van der Waals surface area contributed by atoms with Crippen LogP contribution in [0.5, 0.6) is 0 Å². The molecule has 22 heavy (non-hydrogen) atoms. The lowest BCUT2D eigenvalue weighted by Gasteiger charge is -2.27. The molecule has 1 saturated carbocycles. The van der Waals surface area contributed by atoms with Crippen molar-refractivity contribution in [3.8, 4) is 0 Å². The SMILES string of the molecule is Cc1nc(C(F)(F)F)ccc1C(=O)NC1CCC(N)CC1.Cl. The summed E-state index contributed by atoms with van der Waals surface area (Å²) in [4.78, 5) is 15.6. The average molecular weight is 338 g/mol. The number of aryl methyl sites for hydroxylation is 1. The summed E-state index contributed by atoms with van der Waals surface area (Å²) < 4.78 is 37.6. The summed E-state index contributed by atoms with van der Waals surface area (Å²) in [5.74, 6) is -0.380. The van der Waals surface area contributed by atoms with Crippen LogP contribution in [0, 0.1) is 6.92 Å².